The van der Waals surface area contributed by atoms with Gasteiger partial charge in [0.05, 0.1) is 13.3 Å². The van der Waals surface area contributed by atoms with Crippen LogP contribution >= 0.6 is 0 Å². The van der Waals surface area contributed by atoms with Gasteiger partial charge in [0.25, 0.3) is 0 Å². The number of carbonyl (C=O) groups is 1. The molecule has 1 heterocycles. The van der Waals surface area contributed by atoms with Gasteiger partial charge in [-0.05, 0) is 18.2 Å². The zero-order chi connectivity index (χ0) is 10.8. The predicted octanol–water partition coefficient (Wildman–Crippen LogP) is 1.02. The van der Waals surface area contributed by atoms with Crippen LogP contribution in [0.5, 0.6) is 5.75 Å². The van der Waals surface area contributed by atoms with E-state index in [4.69, 9.17) is 9.57 Å². The third-order valence-corrected chi connectivity index (χ3v) is 1.96. The van der Waals surface area contributed by atoms with E-state index < -0.39 is 5.97 Å². The van der Waals surface area contributed by atoms with Gasteiger partial charge in [-0.2, -0.15) is 0 Å². The van der Waals surface area contributed by atoms with Crippen molar-refractivity contribution in [3.05, 3.63) is 24.4 Å². The number of hydrogen-bond donors (Lipinski definition) is 0. The Kier molecular flexibility index (Phi) is 2.29. The van der Waals surface area contributed by atoms with Gasteiger partial charge < -0.3 is 9.57 Å². The van der Waals surface area contributed by atoms with Gasteiger partial charge in [0.15, 0.2) is 0 Å². The van der Waals surface area contributed by atoms with Gasteiger partial charge in [0, 0.05) is 12.3 Å². The molecule has 1 aromatic carbocycles. The molecule has 0 saturated heterocycles. The molecule has 0 aliphatic rings. The predicted molar refractivity (Wildman–Crippen MR) is 53.5 cm³/mol. The average molecular weight is 206 g/mol. The quantitative estimate of drug-likeness (QED) is 0.736. The summed E-state index contributed by atoms with van der Waals surface area (Å²) in [4.78, 5) is 16.8. The summed E-state index contributed by atoms with van der Waals surface area (Å²) >= 11 is 0. The van der Waals surface area contributed by atoms with E-state index in [-0.39, 0.29) is 0 Å². The van der Waals surface area contributed by atoms with Crippen LogP contribution in [0.3, 0.4) is 0 Å². The number of nitrogens with zero attached hydrogens (tertiary/aromatic N) is 2. The van der Waals surface area contributed by atoms with Crippen molar-refractivity contribution in [3.63, 3.8) is 0 Å². The maximum Gasteiger partial charge on any atom is 0.331 e. The minimum atomic E-state index is -0.407. The molecule has 2 aromatic rings. The first kappa shape index (κ1) is 9.51. The van der Waals surface area contributed by atoms with E-state index in [0.717, 1.165) is 16.7 Å². The van der Waals surface area contributed by atoms with Gasteiger partial charge >= 0.3 is 5.97 Å². The molecule has 0 atom stereocenters. The first-order valence-electron chi connectivity index (χ1n) is 4.41. The molecule has 5 nitrogen and oxygen atoms in total. The fourth-order valence-corrected chi connectivity index (χ4v) is 1.31. The lowest BCUT2D eigenvalue weighted by molar-refractivity contribution is -0.142. The van der Waals surface area contributed by atoms with Gasteiger partial charge in [0.1, 0.15) is 11.3 Å². The second-order valence-corrected chi connectivity index (χ2v) is 3.03. The highest BCUT2D eigenvalue weighted by Gasteiger charge is 2.06. The molecule has 0 fully saturated rings. The molecule has 78 valence electrons. The number of ether oxygens (including phenoxy) is 1. The zero-order valence-corrected chi connectivity index (χ0v) is 8.43. The number of hydrogen-bond acceptors (Lipinski definition) is 4. The molecule has 0 aliphatic heterocycles. The SMILES string of the molecule is COc1ccc2c(cnn2OC(C)=O)c1. The Labute approximate surface area is 86.2 Å². The summed E-state index contributed by atoms with van der Waals surface area (Å²) < 4.78 is 5.07. The third kappa shape index (κ3) is 1.76. The largest absolute Gasteiger partial charge is 0.497 e. The van der Waals surface area contributed by atoms with E-state index in [0.29, 0.717) is 0 Å². The van der Waals surface area contributed by atoms with Gasteiger partial charge in [0.2, 0.25) is 0 Å². The number of methoxy groups -OCH3 is 1. The lowest BCUT2D eigenvalue weighted by atomic mass is 10.2. The molecule has 2 rings (SSSR count). The molecule has 0 saturated carbocycles. The fourth-order valence-electron chi connectivity index (χ4n) is 1.31. The molecule has 0 radical (unpaired) electrons. The topological polar surface area (TPSA) is 53.4 Å². The number of carbonyl (C=O) groups excluding carboxylic acids is 1. The van der Waals surface area contributed by atoms with Crippen molar-refractivity contribution in [3.8, 4) is 5.75 Å². The third-order valence-electron chi connectivity index (χ3n) is 1.96. The smallest absolute Gasteiger partial charge is 0.331 e. The molecular formula is C10H10N2O3. The van der Waals surface area contributed by atoms with E-state index in [1.165, 1.54) is 11.8 Å². The highest BCUT2D eigenvalue weighted by molar-refractivity contribution is 5.80. The maximum absolute atomic E-state index is 10.8. The summed E-state index contributed by atoms with van der Waals surface area (Å²) in [5.41, 5.74) is 0.728. The van der Waals surface area contributed by atoms with E-state index in [9.17, 15) is 4.79 Å². The van der Waals surface area contributed by atoms with Crippen LogP contribution in [0.15, 0.2) is 24.4 Å². The van der Waals surface area contributed by atoms with Crippen LogP contribution in [0.25, 0.3) is 10.9 Å². The molecule has 0 aliphatic carbocycles. The first-order chi connectivity index (χ1) is 7.20. The Hall–Kier alpha value is -2.04. The van der Waals surface area contributed by atoms with E-state index in [1.807, 2.05) is 6.07 Å². The minimum absolute atomic E-state index is 0.407. The van der Waals surface area contributed by atoms with Crippen LogP contribution in [0.1, 0.15) is 6.92 Å². The molecule has 5 heteroatoms. The monoisotopic (exact) mass is 206 g/mol. The fraction of sp³-hybridized carbons (Fsp3) is 0.200. The van der Waals surface area contributed by atoms with Gasteiger partial charge in [-0.1, -0.05) is 4.85 Å². The Morgan fingerprint density at radius 1 is 1.47 bits per heavy atom. The second-order valence-electron chi connectivity index (χ2n) is 3.03. The minimum Gasteiger partial charge on any atom is -0.497 e. The normalized spacial score (nSPS) is 10.3. The van der Waals surface area contributed by atoms with Gasteiger partial charge in [-0.3, -0.25) is 0 Å². The molecular weight excluding hydrogens is 196 g/mol. The Morgan fingerprint density at radius 2 is 2.27 bits per heavy atom. The Morgan fingerprint density at radius 3 is 2.93 bits per heavy atom. The number of rotatable bonds is 2. The van der Waals surface area contributed by atoms with Crippen molar-refractivity contribution >= 4 is 16.9 Å². The molecule has 0 unspecified atom stereocenters. The van der Waals surface area contributed by atoms with Crippen LogP contribution < -0.4 is 9.57 Å². The van der Waals surface area contributed by atoms with Crippen molar-refractivity contribution in [2.24, 2.45) is 0 Å². The maximum atomic E-state index is 10.8. The standard InChI is InChI=1S/C10H10N2O3/c1-7(13)15-12-10-4-3-9(14-2)5-8(10)6-11-12/h3-6H,1-2H3. The van der Waals surface area contributed by atoms with Crippen molar-refractivity contribution in [2.75, 3.05) is 7.11 Å². The summed E-state index contributed by atoms with van der Waals surface area (Å²) in [6.07, 6.45) is 1.61. The second kappa shape index (κ2) is 3.61. The summed E-state index contributed by atoms with van der Waals surface area (Å²) in [7, 11) is 1.59. The van der Waals surface area contributed by atoms with E-state index in [1.54, 1.807) is 25.4 Å². The van der Waals surface area contributed by atoms with E-state index in [2.05, 4.69) is 5.10 Å². The number of fused-ring (bicyclic) bond motifs is 1. The van der Waals surface area contributed by atoms with Crippen LogP contribution in [0.2, 0.25) is 0 Å². The average Bonchev–Trinajstić information content (AvgIpc) is 2.60. The summed E-state index contributed by atoms with van der Waals surface area (Å²) in [5, 5.41) is 4.79. The number of aromatic nitrogens is 2. The van der Waals surface area contributed by atoms with Crippen molar-refractivity contribution < 1.29 is 14.4 Å². The summed E-state index contributed by atoms with van der Waals surface area (Å²) in [6.45, 7) is 1.33. The number of benzene rings is 1. The molecule has 0 spiro atoms. The van der Waals surface area contributed by atoms with Gasteiger partial charge in [-0.25, -0.2) is 4.79 Å². The Balaban J connectivity index is 2.47. The van der Waals surface area contributed by atoms with Crippen molar-refractivity contribution in [1.82, 2.24) is 9.94 Å². The van der Waals surface area contributed by atoms with Crippen LogP contribution in [0, 0.1) is 0 Å². The van der Waals surface area contributed by atoms with Gasteiger partial charge in [-0.15, -0.1) is 5.10 Å². The highest BCUT2D eigenvalue weighted by Crippen LogP contribution is 2.19. The van der Waals surface area contributed by atoms with Crippen LogP contribution in [-0.2, 0) is 4.79 Å². The molecule has 1 aromatic heterocycles. The summed E-state index contributed by atoms with van der Waals surface area (Å²) in [5.74, 6) is 0.334. The lowest BCUT2D eigenvalue weighted by Gasteiger charge is -2.02. The molecule has 0 bridgehead atoms. The van der Waals surface area contributed by atoms with Crippen LogP contribution in [0.4, 0.5) is 0 Å². The molecule has 15 heavy (non-hydrogen) atoms. The Bertz CT molecular complexity index is 504. The lowest BCUT2D eigenvalue weighted by Crippen LogP contribution is -2.17. The van der Waals surface area contributed by atoms with Crippen molar-refractivity contribution in [2.45, 2.75) is 6.92 Å². The molecule has 0 amide bonds. The van der Waals surface area contributed by atoms with Crippen LogP contribution in [-0.4, -0.2) is 23.0 Å². The highest BCUT2D eigenvalue weighted by atomic mass is 16.7. The zero-order valence-electron chi connectivity index (χ0n) is 8.43. The van der Waals surface area contributed by atoms with Crippen molar-refractivity contribution in [1.29, 1.82) is 0 Å². The first-order valence-corrected chi connectivity index (χ1v) is 4.41. The van der Waals surface area contributed by atoms with E-state index >= 15 is 0 Å². The molecule has 0 N–H and O–H groups in total. The summed E-state index contributed by atoms with van der Waals surface area (Å²) in [6, 6.07) is 5.39.